The molecule has 4 N–H and O–H groups in total. The van der Waals surface area contributed by atoms with Gasteiger partial charge in [-0.05, 0) is 54.2 Å². The number of rotatable bonds is 4. The summed E-state index contributed by atoms with van der Waals surface area (Å²) < 4.78 is 0. The number of hydrogen-bond acceptors (Lipinski definition) is 10. The summed E-state index contributed by atoms with van der Waals surface area (Å²) in [7, 11) is 0. The van der Waals surface area contributed by atoms with Crippen LogP contribution in [0.2, 0.25) is 0 Å². The van der Waals surface area contributed by atoms with Crippen LogP contribution in [0.15, 0.2) is 69.5 Å². The van der Waals surface area contributed by atoms with Gasteiger partial charge in [-0.25, -0.2) is 9.97 Å². The maximum Gasteiger partial charge on any atom is 0.180 e. The second-order valence-corrected chi connectivity index (χ2v) is 16.7. The Balaban J connectivity index is 0.000000145. The molecule has 1 atom stereocenters. The van der Waals surface area contributed by atoms with E-state index in [2.05, 4.69) is 87.4 Å². The highest BCUT2D eigenvalue weighted by Gasteiger charge is 2.23. The first kappa shape index (κ1) is 31.0. The molecular formula is C35H40N6S4. The van der Waals surface area contributed by atoms with Gasteiger partial charge in [0, 0.05) is 82.7 Å². The topological polar surface area (TPSA) is 84.3 Å². The molecule has 2 aromatic heterocycles. The van der Waals surface area contributed by atoms with Gasteiger partial charge in [-0.15, -0.1) is 46.2 Å². The number of thiazole rings is 2. The summed E-state index contributed by atoms with van der Waals surface area (Å²) in [5, 5.41) is 2.00. The van der Waals surface area contributed by atoms with Crippen LogP contribution in [0.5, 0.6) is 0 Å². The van der Waals surface area contributed by atoms with Crippen molar-refractivity contribution in [2.45, 2.75) is 47.6 Å². The van der Waals surface area contributed by atoms with Gasteiger partial charge in [0.2, 0.25) is 0 Å². The molecule has 0 saturated heterocycles. The monoisotopic (exact) mass is 672 g/mol. The quantitative estimate of drug-likeness (QED) is 0.240. The minimum Gasteiger partial charge on any atom is -0.375 e. The third-order valence-corrected chi connectivity index (χ3v) is 13.3. The van der Waals surface area contributed by atoms with Crippen LogP contribution in [0.25, 0.3) is 12.2 Å². The van der Waals surface area contributed by atoms with Crippen LogP contribution in [0.3, 0.4) is 0 Å². The molecule has 0 radical (unpaired) electrons. The average molecular weight is 673 g/mol. The van der Waals surface area contributed by atoms with E-state index in [9.17, 15) is 0 Å². The number of nitrogens with zero attached hydrogens (tertiary/aromatic N) is 4. The minimum absolute atomic E-state index is 0.552. The Labute approximate surface area is 283 Å². The highest BCUT2D eigenvalue weighted by atomic mass is 32.2. The van der Waals surface area contributed by atoms with Crippen molar-refractivity contribution in [1.82, 2.24) is 19.8 Å². The number of benzene rings is 2. The van der Waals surface area contributed by atoms with Crippen LogP contribution in [-0.4, -0.2) is 70.0 Å². The minimum atomic E-state index is 0.552. The van der Waals surface area contributed by atoms with E-state index in [0.717, 1.165) is 81.0 Å². The number of nitrogen functional groups attached to an aromatic ring is 2. The fourth-order valence-electron chi connectivity index (χ4n) is 6.44. The second kappa shape index (κ2) is 14.0. The van der Waals surface area contributed by atoms with Crippen molar-refractivity contribution < 1.29 is 0 Å². The van der Waals surface area contributed by atoms with Crippen LogP contribution < -0.4 is 11.5 Å². The molecule has 6 heterocycles. The molecule has 4 aliphatic heterocycles. The molecule has 0 saturated carbocycles. The van der Waals surface area contributed by atoms with Gasteiger partial charge < -0.3 is 11.5 Å². The molecule has 45 heavy (non-hydrogen) atoms. The summed E-state index contributed by atoms with van der Waals surface area (Å²) in [6.45, 7) is 8.83. The summed E-state index contributed by atoms with van der Waals surface area (Å²) in [5.41, 5.74) is 19.9. The normalized spacial score (nSPS) is 19.8. The van der Waals surface area contributed by atoms with E-state index in [1.54, 1.807) is 22.7 Å². The van der Waals surface area contributed by atoms with E-state index < -0.39 is 0 Å². The van der Waals surface area contributed by atoms with Crippen molar-refractivity contribution in [2.24, 2.45) is 0 Å². The zero-order valence-electron chi connectivity index (χ0n) is 25.7. The lowest BCUT2D eigenvalue weighted by Crippen LogP contribution is -2.31. The molecule has 0 bridgehead atoms. The lowest BCUT2D eigenvalue weighted by atomic mass is 10.1. The highest BCUT2D eigenvalue weighted by molar-refractivity contribution is 8.00. The summed E-state index contributed by atoms with van der Waals surface area (Å²) in [6.07, 6.45) is 8.99. The standard InChI is InChI=1S/C18H21N3S2.C17H19N3S2/c1-12-14(10-13-4-2-3-5-16(13)22-12)11-21-8-6-15-17(7-9-21)23-18(19)20-15;18-17-19-14-5-7-20(8-6-16(14)22-17)10-12-9-13-3-1-2-4-15(13)21-11-12/h2-5,10,12H,6-9,11H2,1H3,(H2,19,20);1-4,9H,5-8,10-11H2,(H2,18,19). The van der Waals surface area contributed by atoms with Crippen molar-refractivity contribution in [3.05, 3.63) is 91.9 Å². The van der Waals surface area contributed by atoms with Gasteiger partial charge in [0.1, 0.15) is 0 Å². The Morgan fingerprint density at radius 2 is 1.27 bits per heavy atom. The number of fused-ring (bicyclic) bond motifs is 4. The Bertz CT molecular complexity index is 1670. The van der Waals surface area contributed by atoms with Gasteiger partial charge in [-0.3, -0.25) is 9.80 Å². The van der Waals surface area contributed by atoms with E-state index >= 15 is 0 Å². The average Bonchev–Trinajstić information content (AvgIpc) is 3.46. The number of thioether (sulfide) groups is 2. The van der Waals surface area contributed by atoms with Gasteiger partial charge in [0.05, 0.1) is 11.4 Å². The molecule has 234 valence electrons. The first-order chi connectivity index (χ1) is 22.0. The fraction of sp³-hybridized carbons (Fsp3) is 0.371. The molecule has 2 aromatic carbocycles. The number of hydrogen-bond donors (Lipinski definition) is 2. The maximum absolute atomic E-state index is 5.84. The summed E-state index contributed by atoms with van der Waals surface area (Å²) in [5.74, 6) is 1.11. The van der Waals surface area contributed by atoms with Crippen LogP contribution >= 0.6 is 46.2 Å². The van der Waals surface area contributed by atoms with Crippen molar-refractivity contribution in [1.29, 1.82) is 0 Å². The van der Waals surface area contributed by atoms with E-state index in [1.807, 2.05) is 23.5 Å². The van der Waals surface area contributed by atoms with Gasteiger partial charge in [0.25, 0.3) is 0 Å². The molecule has 0 amide bonds. The zero-order valence-corrected chi connectivity index (χ0v) is 29.0. The number of nitrogens with two attached hydrogens (primary N) is 2. The molecule has 0 aliphatic carbocycles. The van der Waals surface area contributed by atoms with Gasteiger partial charge in [0.15, 0.2) is 10.3 Å². The first-order valence-electron chi connectivity index (χ1n) is 15.8. The van der Waals surface area contributed by atoms with Crippen LogP contribution in [-0.2, 0) is 25.7 Å². The number of anilines is 2. The Kier molecular flexibility index (Phi) is 9.67. The van der Waals surface area contributed by atoms with Crippen molar-refractivity contribution in [3.63, 3.8) is 0 Å². The van der Waals surface area contributed by atoms with Gasteiger partial charge in [-0.1, -0.05) is 48.6 Å². The number of aromatic nitrogens is 2. The smallest absolute Gasteiger partial charge is 0.180 e. The zero-order chi connectivity index (χ0) is 30.8. The summed E-state index contributed by atoms with van der Waals surface area (Å²) >= 11 is 7.27. The van der Waals surface area contributed by atoms with Crippen LogP contribution in [0.1, 0.15) is 39.2 Å². The van der Waals surface area contributed by atoms with E-state index in [4.69, 9.17) is 11.5 Å². The SMILES string of the molecule is CC1Sc2ccccc2C=C1CN1CCc2nc(N)sc2CC1.Nc1nc2c(s1)CCN(CC1=Cc3ccccc3SC1)CC2. The molecule has 10 heteroatoms. The fourth-order valence-corrected chi connectivity index (χ4v) is 10.3. The summed E-state index contributed by atoms with van der Waals surface area (Å²) in [4.78, 5) is 19.7. The second-order valence-electron chi connectivity index (χ2n) is 12.0. The Hall–Kier alpha value is -2.60. The predicted octanol–water partition coefficient (Wildman–Crippen LogP) is 7.02. The molecule has 1 unspecified atom stereocenters. The molecule has 4 aromatic rings. The predicted molar refractivity (Wildman–Crippen MR) is 196 cm³/mol. The lowest BCUT2D eigenvalue weighted by Gasteiger charge is -2.28. The van der Waals surface area contributed by atoms with Gasteiger partial charge in [-0.2, -0.15) is 0 Å². The van der Waals surface area contributed by atoms with Crippen LogP contribution in [0, 0.1) is 0 Å². The first-order valence-corrected chi connectivity index (χ1v) is 19.3. The largest absolute Gasteiger partial charge is 0.375 e. The van der Waals surface area contributed by atoms with Crippen molar-refractivity contribution in [2.75, 3.05) is 56.5 Å². The molecular weight excluding hydrogens is 633 g/mol. The molecule has 6 nitrogen and oxygen atoms in total. The molecule has 0 fully saturated rings. The van der Waals surface area contributed by atoms with Crippen molar-refractivity contribution in [3.8, 4) is 0 Å². The van der Waals surface area contributed by atoms with E-state index in [-0.39, 0.29) is 0 Å². The molecule has 4 aliphatic rings. The summed E-state index contributed by atoms with van der Waals surface area (Å²) in [6, 6.07) is 17.4. The lowest BCUT2D eigenvalue weighted by molar-refractivity contribution is 0.310. The van der Waals surface area contributed by atoms with Crippen molar-refractivity contribution >= 4 is 68.6 Å². The van der Waals surface area contributed by atoms with Gasteiger partial charge >= 0.3 is 0 Å². The Morgan fingerprint density at radius 1 is 0.711 bits per heavy atom. The Morgan fingerprint density at radius 3 is 1.93 bits per heavy atom. The van der Waals surface area contributed by atoms with Crippen LogP contribution in [0.4, 0.5) is 10.3 Å². The van der Waals surface area contributed by atoms with E-state index in [1.165, 1.54) is 53.2 Å². The maximum atomic E-state index is 5.84. The van der Waals surface area contributed by atoms with E-state index in [0.29, 0.717) is 5.25 Å². The third kappa shape index (κ3) is 7.53. The molecule has 8 rings (SSSR count). The third-order valence-electron chi connectivity index (χ3n) is 8.84. The highest BCUT2D eigenvalue weighted by Crippen LogP contribution is 2.37. The molecule has 0 spiro atoms.